The van der Waals surface area contributed by atoms with E-state index in [4.69, 9.17) is 4.74 Å². The van der Waals surface area contributed by atoms with E-state index < -0.39 is 5.97 Å². The predicted octanol–water partition coefficient (Wildman–Crippen LogP) is 3.15. The minimum atomic E-state index is -0.471. The Hall–Kier alpha value is -2.66. The molecule has 5 heteroatoms. The third-order valence-electron chi connectivity index (χ3n) is 3.71. The zero-order valence-electron chi connectivity index (χ0n) is 13.9. The summed E-state index contributed by atoms with van der Waals surface area (Å²) in [7, 11) is 1.32. The molecule has 0 aliphatic heterocycles. The topological polar surface area (TPSA) is 67.4 Å². The molecular formula is C19H22N2O3. The number of nitrogens with one attached hydrogen (secondary N) is 2. The van der Waals surface area contributed by atoms with Crippen LogP contribution in [0.4, 0.5) is 5.69 Å². The van der Waals surface area contributed by atoms with E-state index in [1.165, 1.54) is 12.7 Å². The Morgan fingerprint density at radius 3 is 2.42 bits per heavy atom. The van der Waals surface area contributed by atoms with Crippen molar-refractivity contribution >= 4 is 17.6 Å². The van der Waals surface area contributed by atoms with Gasteiger partial charge in [0.2, 0.25) is 5.91 Å². The van der Waals surface area contributed by atoms with Crippen LogP contribution in [0.2, 0.25) is 0 Å². The second-order valence-corrected chi connectivity index (χ2v) is 5.42. The highest BCUT2D eigenvalue weighted by atomic mass is 16.5. The minimum absolute atomic E-state index is 0.154. The summed E-state index contributed by atoms with van der Waals surface area (Å²) in [5, 5.41) is 6.07. The molecule has 1 amide bonds. The lowest BCUT2D eigenvalue weighted by Gasteiger charge is -2.14. The molecule has 0 saturated heterocycles. The average Bonchev–Trinajstić information content (AvgIpc) is 2.62. The molecule has 2 N–H and O–H groups in total. The summed E-state index contributed by atoms with van der Waals surface area (Å²) in [4.78, 5) is 23.8. The van der Waals surface area contributed by atoms with Gasteiger partial charge in [-0.2, -0.15) is 0 Å². The maximum absolute atomic E-state index is 12.1. The highest BCUT2D eigenvalue weighted by Crippen LogP contribution is 2.16. The number of ether oxygens (including phenoxy) is 1. The number of carbonyl (C=O) groups is 2. The van der Waals surface area contributed by atoms with Gasteiger partial charge < -0.3 is 15.4 Å². The number of para-hydroxylation sites is 1. The zero-order valence-corrected chi connectivity index (χ0v) is 13.9. The van der Waals surface area contributed by atoms with Crippen LogP contribution in [0.5, 0.6) is 0 Å². The molecule has 0 spiro atoms. The molecule has 126 valence electrons. The lowest BCUT2D eigenvalue weighted by Crippen LogP contribution is -2.24. The molecule has 2 aromatic rings. The van der Waals surface area contributed by atoms with Crippen LogP contribution >= 0.6 is 0 Å². The molecule has 1 atom stereocenters. The van der Waals surface area contributed by atoms with Crippen molar-refractivity contribution in [2.75, 3.05) is 19.0 Å². The molecule has 0 aliphatic rings. The molecule has 0 heterocycles. The number of hydrogen-bond donors (Lipinski definition) is 2. The van der Waals surface area contributed by atoms with Crippen molar-refractivity contribution in [1.82, 2.24) is 5.32 Å². The first-order chi connectivity index (χ1) is 11.6. The summed E-state index contributed by atoms with van der Waals surface area (Å²) < 4.78 is 4.72. The SMILES string of the molecule is COC(=O)c1ccccc1NC(=O)CCNC(C)c1ccccc1. The number of benzene rings is 2. The minimum Gasteiger partial charge on any atom is -0.465 e. The van der Waals surface area contributed by atoms with Crippen LogP contribution in [0.25, 0.3) is 0 Å². The van der Waals surface area contributed by atoms with Gasteiger partial charge in [0.15, 0.2) is 0 Å². The average molecular weight is 326 g/mol. The van der Waals surface area contributed by atoms with Gasteiger partial charge in [0.05, 0.1) is 18.4 Å². The van der Waals surface area contributed by atoms with Gasteiger partial charge in [-0.1, -0.05) is 42.5 Å². The van der Waals surface area contributed by atoms with Crippen molar-refractivity contribution in [3.8, 4) is 0 Å². The Labute approximate surface area is 142 Å². The van der Waals surface area contributed by atoms with Crippen LogP contribution in [0.15, 0.2) is 54.6 Å². The lowest BCUT2D eigenvalue weighted by molar-refractivity contribution is -0.116. The van der Waals surface area contributed by atoms with E-state index in [0.29, 0.717) is 24.2 Å². The van der Waals surface area contributed by atoms with Crippen LogP contribution < -0.4 is 10.6 Å². The Morgan fingerprint density at radius 2 is 1.71 bits per heavy atom. The Morgan fingerprint density at radius 1 is 1.04 bits per heavy atom. The molecule has 0 radical (unpaired) electrons. The second kappa shape index (κ2) is 8.84. The van der Waals surface area contributed by atoms with Gasteiger partial charge in [0.1, 0.15) is 0 Å². The van der Waals surface area contributed by atoms with E-state index in [0.717, 1.165) is 0 Å². The maximum Gasteiger partial charge on any atom is 0.339 e. The number of amides is 1. The molecule has 0 bridgehead atoms. The van der Waals surface area contributed by atoms with Crippen LogP contribution in [-0.4, -0.2) is 25.5 Å². The van der Waals surface area contributed by atoms with Crippen molar-refractivity contribution < 1.29 is 14.3 Å². The van der Waals surface area contributed by atoms with Gasteiger partial charge in [-0.05, 0) is 24.6 Å². The predicted molar refractivity (Wildman–Crippen MR) is 93.9 cm³/mol. The quantitative estimate of drug-likeness (QED) is 0.767. The summed E-state index contributed by atoms with van der Waals surface area (Å²) in [6.07, 6.45) is 0.312. The van der Waals surface area contributed by atoms with Crippen molar-refractivity contribution in [2.24, 2.45) is 0 Å². The molecule has 24 heavy (non-hydrogen) atoms. The number of rotatable bonds is 7. The second-order valence-electron chi connectivity index (χ2n) is 5.42. The van der Waals surface area contributed by atoms with E-state index >= 15 is 0 Å². The molecule has 2 aromatic carbocycles. The van der Waals surface area contributed by atoms with Crippen LogP contribution in [0, 0.1) is 0 Å². The first-order valence-electron chi connectivity index (χ1n) is 7.87. The van der Waals surface area contributed by atoms with Crippen LogP contribution in [0.3, 0.4) is 0 Å². The zero-order chi connectivity index (χ0) is 17.4. The van der Waals surface area contributed by atoms with E-state index in [2.05, 4.69) is 17.6 Å². The third kappa shape index (κ3) is 4.93. The van der Waals surface area contributed by atoms with Gasteiger partial charge >= 0.3 is 5.97 Å². The smallest absolute Gasteiger partial charge is 0.339 e. The van der Waals surface area contributed by atoms with Crippen molar-refractivity contribution in [1.29, 1.82) is 0 Å². The molecule has 2 rings (SSSR count). The number of anilines is 1. The summed E-state index contributed by atoms with van der Waals surface area (Å²) in [5.74, 6) is -0.624. The van der Waals surface area contributed by atoms with Gasteiger partial charge in [-0.25, -0.2) is 4.79 Å². The van der Waals surface area contributed by atoms with Gasteiger partial charge in [0.25, 0.3) is 0 Å². The van der Waals surface area contributed by atoms with E-state index in [9.17, 15) is 9.59 Å². The number of methoxy groups -OCH3 is 1. The monoisotopic (exact) mass is 326 g/mol. The highest BCUT2D eigenvalue weighted by molar-refractivity contribution is 6.01. The molecule has 0 aromatic heterocycles. The van der Waals surface area contributed by atoms with E-state index in [-0.39, 0.29) is 11.9 Å². The maximum atomic E-state index is 12.1. The van der Waals surface area contributed by atoms with Gasteiger partial charge in [0, 0.05) is 19.0 Å². The standard InChI is InChI=1S/C19H22N2O3/c1-14(15-8-4-3-5-9-15)20-13-12-18(22)21-17-11-7-6-10-16(17)19(23)24-2/h3-11,14,20H,12-13H2,1-2H3,(H,21,22). The van der Waals surface area contributed by atoms with Crippen molar-refractivity contribution in [2.45, 2.75) is 19.4 Å². The van der Waals surface area contributed by atoms with Gasteiger partial charge in [-0.15, -0.1) is 0 Å². The fourth-order valence-corrected chi connectivity index (χ4v) is 2.35. The molecule has 0 saturated carbocycles. The van der Waals surface area contributed by atoms with Crippen LogP contribution in [-0.2, 0) is 9.53 Å². The molecule has 1 unspecified atom stereocenters. The number of hydrogen-bond acceptors (Lipinski definition) is 4. The molecule has 0 aliphatic carbocycles. The molecule has 0 fully saturated rings. The lowest BCUT2D eigenvalue weighted by atomic mass is 10.1. The summed E-state index contributed by atoms with van der Waals surface area (Å²) in [5.41, 5.74) is 1.98. The largest absolute Gasteiger partial charge is 0.465 e. The number of esters is 1. The van der Waals surface area contributed by atoms with Crippen LogP contribution in [0.1, 0.15) is 35.3 Å². The fraction of sp³-hybridized carbons (Fsp3) is 0.263. The molecule has 5 nitrogen and oxygen atoms in total. The highest BCUT2D eigenvalue weighted by Gasteiger charge is 2.13. The first kappa shape index (κ1) is 17.7. The van der Waals surface area contributed by atoms with Crippen molar-refractivity contribution in [3.05, 3.63) is 65.7 Å². The Kier molecular flexibility index (Phi) is 6.51. The summed E-state index contributed by atoms with van der Waals surface area (Å²) in [6, 6.07) is 17.0. The molecular weight excluding hydrogens is 304 g/mol. The van der Waals surface area contributed by atoms with Crippen molar-refractivity contribution in [3.63, 3.8) is 0 Å². The fourth-order valence-electron chi connectivity index (χ4n) is 2.35. The summed E-state index contributed by atoms with van der Waals surface area (Å²) in [6.45, 7) is 2.60. The normalized spacial score (nSPS) is 11.6. The third-order valence-corrected chi connectivity index (χ3v) is 3.71. The Bertz CT molecular complexity index is 686. The Balaban J connectivity index is 1.85. The van der Waals surface area contributed by atoms with E-state index in [1.807, 2.05) is 30.3 Å². The summed E-state index contributed by atoms with van der Waals surface area (Å²) >= 11 is 0. The van der Waals surface area contributed by atoms with E-state index in [1.54, 1.807) is 24.3 Å². The van der Waals surface area contributed by atoms with Gasteiger partial charge in [-0.3, -0.25) is 4.79 Å². The first-order valence-corrected chi connectivity index (χ1v) is 7.87. The number of carbonyl (C=O) groups excluding carboxylic acids is 2.